The molecular formula is C14H21ClN2O. The van der Waals surface area contributed by atoms with E-state index in [1.165, 1.54) is 6.20 Å². The van der Waals surface area contributed by atoms with E-state index in [0.717, 1.165) is 0 Å². The normalized spacial score (nSPS) is 11.3. The minimum atomic E-state index is -0.131. The molecule has 1 N–H and O–H groups in total. The average Bonchev–Trinajstić information content (AvgIpc) is 2.28. The van der Waals surface area contributed by atoms with Gasteiger partial charge in [0.05, 0.1) is 10.6 Å². The molecule has 0 fully saturated rings. The third-order valence-corrected chi connectivity index (χ3v) is 3.53. The molecule has 1 aromatic rings. The third kappa shape index (κ3) is 3.98. The molecule has 3 nitrogen and oxygen atoms in total. The number of carbonyl (C=O) groups excluding carboxylic acids is 1. The Labute approximate surface area is 114 Å². The van der Waals surface area contributed by atoms with Gasteiger partial charge in [-0.1, -0.05) is 39.3 Å². The number of carbonyl (C=O) groups is 1. The summed E-state index contributed by atoms with van der Waals surface area (Å²) in [6, 6.07) is 1.64. The molecule has 0 atom stereocenters. The van der Waals surface area contributed by atoms with Crippen molar-refractivity contribution in [1.29, 1.82) is 0 Å². The molecule has 1 amide bonds. The molecule has 0 bridgehead atoms. The van der Waals surface area contributed by atoms with Crippen molar-refractivity contribution in [2.24, 2.45) is 17.8 Å². The maximum Gasteiger partial charge on any atom is 0.252 e. The van der Waals surface area contributed by atoms with Gasteiger partial charge < -0.3 is 5.32 Å². The highest BCUT2D eigenvalue weighted by Crippen LogP contribution is 2.20. The Hall–Kier alpha value is -1.09. The van der Waals surface area contributed by atoms with Crippen LogP contribution in [0.15, 0.2) is 18.5 Å². The Morgan fingerprint density at radius 3 is 2.44 bits per heavy atom. The van der Waals surface area contributed by atoms with Gasteiger partial charge >= 0.3 is 0 Å². The van der Waals surface area contributed by atoms with Gasteiger partial charge in [0.25, 0.3) is 5.91 Å². The number of nitrogens with zero attached hydrogens (tertiary/aromatic N) is 1. The van der Waals surface area contributed by atoms with Gasteiger partial charge in [0.15, 0.2) is 0 Å². The van der Waals surface area contributed by atoms with E-state index in [-0.39, 0.29) is 5.91 Å². The Kier molecular flexibility index (Phi) is 5.60. The fourth-order valence-corrected chi connectivity index (χ4v) is 2.31. The topological polar surface area (TPSA) is 42.0 Å². The van der Waals surface area contributed by atoms with E-state index in [4.69, 9.17) is 11.6 Å². The van der Waals surface area contributed by atoms with E-state index in [1.54, 1.807) is 12.3 Å². The van der Waals surface area contributed by atoms with Gasteiger partial charge in [-0.3, -0.25) is 9.78 Å². The molecule has 1 aromatic heterocycles. The van der Waals surface area contributed by atoms with E-state index in [0.29, 0.717) is 34.9 Å². The van der Waals surface area contributed by atoms with Gasteiger partial charge in [-0.05, 0) is 23.8 Å². The summed E-state index contributed by atoms with van der Waals surface area (Å²) in [6.07, 6.45) is 3.06. The molecule has 0 aliphatic heterocycles. The van der Waals surface area contributed by atoms with Crippen LogP contribution >= 0.6 is 11.6 Å². The van der Waals surface area contributed by atoms with E-state index in [2.05, 4.69) is 38.0 Å². The number of aromatic nitrogens is 1. The van der Waals surface area contributed by atoms with Gasteiger partial charge in [-0.25, -0.2) is 0 Å². The molecule has 0 unspecified atom stereocenters. The quantitative estimate of drug-likeness (QED) is 0.889. The van der Waals surface area contributed by atoms with Gasteiger partial charge in [-0.15, -0.1) is 0 Å². The largest absolute Gasteiger partial charge is 0.352 e. The van der Waals surface area contributed by atoms with Crippen LogP contribution in [0.4, 0.5) is 0 Å². The zero-order valence-corrected chi connectivity index (χ0v) is 12.2. The van der Waals surface area contributed by atoms with E-state index >= 15 is 0 Å². The second-order valence-electron chi connectivity index (χ2n) is 5.22. The third-order valence-electron chi connectivity index (χ3n) is 3.23. The van der Waals surface area contributed by atoms with Crippen LogP contribution in [0.3, 0.4) is 0 Å². The molecular weight excluding hydrogens is 248 g/mol. The van der Waals surface area contributed by atoms with Crippen molar-refractivity contribution in [2.45, 2.75) is 27.7 Å². The summed E-state index contributed by atoms with van der Waals surface area (Å²) < 4.78 is 0. The average molecular weight is 269 g/mol. The highest BCUT2D eigenvalue weighted by atomic mass is 35.5. The predicted molar refractivity (Wildman–Crippen MR) is 74.7 cm³/mol. The second kappa shape index (κ2) is 6.74. The van der Waals surface area contributed by atoms with Crippen LogP contribution in [0.1, 0.15) is 38.1 Å². The molecule has 100 valence electrons. The Balaban J connectivity index is 2.64. The predicted octanol–water partition coefficient (Wildman–Crippen LogP) is 3.39. The summed E-state index contributed by atoms with van der Waals surface area (Å²) in [5.41, 5.74) is 0.484. The number of pyridine rings is 1. The molecule has 0 aliphatic rings. The molecule has 0 aliphatic carbocycles. The van der Waals surface area contributed by atoms with Crippen LogP contribution in [0, 0.1) is 17.8 Å². The first-order chi connectivity index (χ1) is 8.43. The fourth-order valence-electron chi connectivity index (χ4n) is 2.11. The molecule has 0 saturated carbocycles. The first-order valence-electron chi connectivity index (χ1n) is 6.31. The highest BCUT2D eigenvalue weighted by molar-refractivity contribution is 6.33. The summed E-state index contributed by atoms with van der Waals surface area (Å²) in [7, 11) is 0. The zero-order chi connectivity index (χ0) is 13.7. The molecule has 0 saturated heterocycles. The van der Waals surface area contributed by atoms with Crippen LogP contribution in [0.25, 0.3) is 0 Å². The summed E-state index contributed by atoms with van der Waals surface area (Å²) in [6.45, 7) is 9.38. The van der Waals surface area contributed by atoms with Crippen LogP contribution < -0.4 is 5.32 Å². The lowest BCUT2D eigenvalue weighted by atomic mass is 9.85. The lowest BCUT2D eigenvalue weighted by Gasteiger charge is -2.25. The zero-order valence-electron chi connectivity index (χ0n) is 11.4. The smallest absolute Gasteiger partial charge is 0.252 e. The summed E-state index contributed by atoms with van der Waals surface area (Å²) in [4.78, 5) is 15.9. The summed E-state index contributed by atoms with van der Waals surface area (Å²) >= 11 is 5.94. The molecule has 0 spiro atoms. The van der Waals surface area contributed by atoms with Gasteiger partial charge in [0.2, 0.25) is 0 Å². The minimum Gasteiger partial charge on any atom is -0.352 e. The van der Waals surface area contributed by atoms with Crippen molar-refractivity contribution in [3.8, 4) is 0 Å². The Morgan fingerprint density at radius 1 is 1.33 bits per heavy atom. The van der Waals surface area contributed by atoms with E-state index in [1.807, 2.05) is 0 Å². The number of nitrogens with one attached hydrogen (secondary N) is 1. The van der Waals surface area contributed by atoms with Crippen molar-refractivity contribution in [3.05, 3.63) is 29.0 Å². The first kappa shape index (κ1) is 15.0. The second-order valence-corrected chi connectivity index (χ2v) is 5.62. The van der Waals surface area contributed by atoms with Crippen LogP contribution in [0.2, 0.25) is 5.02 Å². The van der Waals surface area contributed by atoms with Crippen molar-refractivity contribution in [1.82, 2.24) is 10.3 Å². The number of amides is 1. The maximum atomic E-state index is 12.0. The lowest BCUT2D eigenvalue weighted by molar-refractivity contribution is 0.0937. The van der Waals surface area contributed by atoms with E-state index in [9.17, 15) is 4.79 Å². The SMILES string of the molecule is CC(C)C(CNC(=O)c1ccncc1Cl)C(C)C. The molecule has 1 heterocycles. The lowest BCUT2D eigenvalue weighted by Crippen LogP contribution is -2.34. The van der Waals surface area contributed by atoms with Gasteiger partial charge in [-0.2, -0.15) is 0 Å². The molecule has 1 rings (SSSR count). The van der Waals surface area contributed by atoms with Crippen molar-refractivity contribution in [2.75, 3.05) is 6.54 Å². The molecule has 4 heteroatoms. The number of hydrogen-bond donors (Lipinski definition) is 1. The van der Waals surface area contributed by atoms with E-state index < -0.39 is 0 Å². The molecule has 0 radical (unpaired) electrons. The highest BCUT2D eigenvalue weighted by Gasteiger charge is 2.19. The van der Waals surface area contributed by atoms with Gasteiger partial charge in [0.1, 0.15) is 0 Å². The van der Waals surface area contributed by atoms with Crippen molar-refractivity contribution in [3.63, 3.8) is 0 Å². The Morgan fingerprint density at radius 2 is 1.94 bits per heavy atom. The maximum absolute atomic E-state index is 12.0. The standard InChI is InChI=1S/C14H21ClN2O/c1-9(2)12(10(3)4)7-17-14(18)11-5-6-16-8-13(11)15/h5-6,8-10,12H,7H2,1-4H3,(H,17,18). The monoisotopic (exact) mass is 268 g/mol. The summed E-state index contributed by atoms with van der Waals surface area (Å²) in [5.74, 6) is 1.42. The fraction of sp³-hybridized carbons (Fsp3) is 0.571. The van der Waals surface area contributed by atoms with Crippen LogP contribution in [-0.2, 0) is 0 Å². The number of halogens is 1. The Bertz CT molecular complexity index is 397. The summed E-state index contributed by atoms with van der Waals surface area (Å²) in [5, 5.41) is 3.34. The number of hydrogen-bond acceptors (Lipinski definition) is 2. The van der Waals surface area contributed by atoms with Gasteiger partial charge in [0, 0.05) is 18.9 Å². The van der Waals surface area contributed by atoms with Crippen LogP contribution in [-0.4, -0.2) is 17.4 Å². The van der Waals surface area contributed by atoms with Crippen molar-refractivity contribution < 1.29 is 4.79 Å². The number of rotatable bonds is 5. The van der Waals surface area contributed by atoms with Crippen molar-refractivity contribution >= 4 is 17.5 Å². The first-order valence-corrected chi connectivity index (χ1v) is 6.69. The molecule has 0 aromatic carbocycles. The molecule has 18 heavy (non-hydrogen) atoms. The van der Waals surface area contributed by atoms with Crippen LogP contribution in [0.5, 0.6) is 0 Å². The minimum absolute atomic E-state index is 0.131.